The normalized spacial score (nSPS) is 15.5. The van der Waals surface area contributed by atoms with Gasteiger partial charge in [0.2, 0.25) is 0 Å². The summed E-state index contributed by atoms with van der Waals surface area (Å²) < 4.78 is 7.32. The highest BCUT2D eigenvalue weighted by Gasteiger charge is 2.34. The van der Waals surface area contributed by atoms with Crippen LogP contribution < -0.4 is 10.6 Å². The molecule has 1 aliphatic rings. The molecule has 4 rings (SSSR count). The first-order valence-electron chi connectivity index (χ1n) is 10.1. The zero-order valence-electron chi connectivity index (χ0n) is 16.7. The van der Waals surface area contributed by atoms with Crippen molar-refractivity contribution < 1.29 is 9.53 Å². The smallest absolute Gasteiger partial charge is 0.315 e. The zero-order chi connectivity index (χ0) is 20.8. The van der Waals surface area contributed by atoms with E-state index in [0.29, 0.717) is 31.3 Å². The van der Waals surface area contributed by atoms with Crippen molar-refractivity contribution in [3.8, 4) is 5.69 Å². The summed E-state index contributed by atoms with van der Waals surface area (Å²) >= 11 is 5.93. The maximum Gasteiger partial charge on any atom is 0.315 e. The molecule has 2 heterocycles. The SMILES string of the molecule is O=C(NCc1cnn(-c2ccc(Cl)cc2)c1)NCC1(c2ccccc2)CCOCC1. The number of amides is 2. The van der Waals surface area contributed by atoms with Gasteiger partial charge in [0.25, 0.3) is 0 Å². The predicted octanol–water partition coefficient (Wildman–Crippen LogP) is 4.07. The maximum absolute atomic E-state index is 12.5. The summed E-state index contributed by atoms with van der Waals surface area (Å²) in [7, 11) is 0. The Morgan fingerprint density at radius 3 is 2.53 bits per heavy atom. The van der Waals surface area contributed by atoms with E-state index in [1.54, 1.807) is 10.9 Å². The van der Waals surface area contributed by atoms with E-state index in [9.17, 15) is 4.79 Å². The van der Waals surface area contributed by atoms with Crippen LogP contribution in [0, 0.1) is 0 Å². The molecule has 0 spiro atoms. The molecule has 30 heavy (non-hydrogen) atoms. The van der Waals surface area contributed by atoms with Gasteiger partial charge in [0, 0.05) is 48.5 Å². The molecule has 0 bridgehead atoms. The highest BCUT2D eigenvalue weighted by atomic mass is 35.5. The van der Waals surface area contributed by atoms with E-state index in [-0.39, 0.29) is 11.4 Å². The van der Waals surface area contributed by atoms with E-state index < -0.39 is 0 Å². The summed E-state index contributed by atoms with van der Waals surface area (Å²) in [6.45, 7) is 2.40. The first-order chi connectivity index (χ1) is 14.6. The molecule has 6 nitrogen and oxygen atoms in total. The molecule has 7 heteroatoms. The number of nitrogens with one attached hydrogen (secondary N) is 2. The van der Waals surface area contributed by atoms with Gasteiger partial charge >= 0.3 is 6.03 Å². The van der Waals surface area contributed by atoms with Gasteiger partial charge in [-0.1, -0.05) is 41.9 Å². The number of hydrogen-bond donors (Lipinski definition) is 2. The molecule has 1 aliphatic heterocycles. The number of halogens is 1. The second-order valence-electron chi connectivity index (χ2n) is 7.56. The Kier molecular flexibility index (Phi) is 6.35. The van der Waals surface area contributed by atoms with Crippen LogP contribution in [0.3, 0.4) is 0 Å². The van der Waals surface area contributed by atoms with E-state index in [4.69, 9.17) is 16.3 Å². The molecular weight excluding hydrogens is 400 g/mol. The minimum Gasteiger partial charge on any atom is -0.381 e. The summed E-state index contributed by atoms with van der Waals surface area (Å²) in [5.74, 6) is 0. The van der Waals surface area contributed by atoms with Gasteiger partial charge in [-0.25, -0.2) is 9.48 Å². The highest BCUT2D eigenvalue weighted by molar-refractivity contribution is 6.30. The Morgan fingerprint density at radius 1 is 1.07 bits per heavy atom. The van der Waals surface area contributed by atoms with Gasteiger partial charge in [0.1, 0.15) is 0 Å². The minimum atomic E-state index is -0.184. The average molecular weight is 425 g/mol. The molecule has 0 saturated carbocycles. The molecule has 0 aliphatic carbocycles. The molecule has 0 atom stereocenters. The molecule has 2 amide bonds. The fourth-order valence-electron chi connectivity index (χ4n) is 3.80. The standard InChI is InChI=1S/C23H25ClN4O2/c24-20-6-8-21(9-7-20)28-16-18(15-27-28)14-25-22(29)26-17-23(10-12-30-13-11-23)19-4-2-1-3-5-19/h1-9,15-16H,10-14,17H2,(H2,25,26,29). The van der Waals surface area contributed by atoms with Crippen LogP contribution in [0.4, 0.5) is 4.79 Å². The lowest BCUT2D eigenvalue weighted by molar-refractivity contribution is 0.0507. The number of rotatable bonds is 6. The Morgan fingerprint density at radius 2 is 1.80 bits per heavy atom. The van der Waals surface area contributed by atoms with E-state index >= 15 is 0 Å². The largest absolute Gasteiger partial charge is 0.381 e. The first kappa shape index (κ1) is 20.4. The van der Waals surface area contributed by atoms with E-state index in [1.807, 2.05) is 48.7 Å². The number of hydrogen-bond acceptors (Lipinski definition) is 3. The van der Waals surface area contributed by atoms with Gasteiger partial charge in [0.15, 0.2) is 0 Å². The van der Waals surface area contributed by atoms with Crippen molar-refractivity contribution >= 4 is 17.6 Å². The minimum absolute atomic E-state index is 0.0870. The van der Waals surface area contributed by atoms with Crippen LogP contribution in [0.25, 0.3) is 5.69 Å². The molecule has 3 aromatic rings. The van der Waals surface area contributed by atoms with Crippen LogP contribution in [0.5, 0.6) is 0 Å². The third kappa shape index (κ3) is 4.83. The molecule has 1 fully saturated rings. The number of aromatic nitrogens is 2. The van der Waals surface area contributed by atoms with Gasteiger partial charge < -0.3 is 15.4 Å². The Bertz CT molecular complexity index is 966. The highest BCUT2D eigenvalue weighted by Crippen LogP contribution is 2.34. The molecular formula is C23H25ClN4O2. The zero-order valence-corrected chi connectivity index (χ0v) is 17.4. The number of nitrogens with zero attached hydrogens (tertiary/aromatic N) is 2. The maximum atomic E-state index is 12.5. The molecule has 1 aromatic heterocycles. The summed E-state index contributed by atoms with van der Waals surface area (Å²) in [6, 6.07) is 17.6. The number of carbonyl (C=O) groups is 1. The van der Waals surface area contributed by atoms with E-state index in [0.717, 1.165) is 24.1 Å². The third-order valence-electron chi connectivity index (χ3n) is 5.60. The molecule has 2 N–H and O–H groups in total. The van der Waals surface area contributed by atoms with Crippen molar-refractivity contribution in [3.63, 3.8) is 0 Å². The van der Waals surface area contributed by atoms with Gasteiger partial charge in [-0.3, -0.25) is 0 Å². The lowest BCUT2D eigenvalue weighted by Gasteiger charge is -2.38. The Balaban J connectivity index is 1.33. The van der Waals surface area contributed by atoms with Crippen LogP contribution in [-0.4, -0.2) is 35.6 Å². The van der Waals surface area contributed by atoms with Gasteiger partial charge in [-0.05, 0) is 42.7 Å². The van der Waals surface area contributed by atoms with Crippen LogP contribution in [0.2, 0.25) is 5.02 Å². The topological polar surface area (TPSA) is 68.2 Å². The Labute approximate surface area is 181 Å². The number of urea groups is 1. The van der Waals surface area contributed by atoms with Gasteiger partial charge in [-0.2, -0.15) is 5.10 Å². The fourth-order valence-corrected chi connectivity index (χ4v) is 3.93. The van der Waals surface area contributed by atoms with E-state index in [2.05, 4.69) is 27.9 Å². The van der Waals surface area contributed by atoms with Crippen LogP contribution in [-0.2, 0) is 16.7 Å². The van der Waals surface area contributed by atoms with Crippen LogP contribution >= 0.6 is 11.6 Å². The first-order valence-corrected chi connectivity index (χ1v) is 10.5. The monoisotopic (exact) mass is 424 g/mol. The van der Waals surface area contributed by atoms with Gasteiger partial charge in [0.05, 0.1) is 11.9 Å². The van der Waals surface area contributed by atoms with E-state index in [1.165, 1.54) is 5.56 Å². The van der Waals surface area contributed by atoms with Crippen molar-refractivity contribution in [3.05, 3.63) is 83.1 Å². The van der Waals surface area contributed by atoms with Crippen LogP contribution in [0.1, 0.15) is 24.0 Å². The molecule has 156 valence electrons. The fraction of sp³-hybridized carbons (Fsp3) is 0.304. The lowest BCUT2D eigenvalue weighted by Crippen LogP contribution is -2.47. The molecule has 0 radical (unpaired) electrons. The molecule has 2 aromatic carbocycles. The number of benzene rings is 2. The van der Waals surface area contributed by atoms with Crippen molar-refractivity contribution in [2.24, 2.45) is 0 Å². The Hall–Kier alpha value is -2.83. The van der Waals surface area contributed by atoms with Crippen molar-refractivity contribution in [2.45, 2.75) is 24.8 Å². The quantitative estimate of drug-likeness (QED) is 0.626. The van der Waals surface area contributed by atoms with Gasteiger partial charge in [-0.15, -0.1) is 0 Å². The predicted molar refractivity (Wildman–Crippen MR) is 117 cm³/mol. The summed E-state index contributed by atoms with van der Waals surface area (Å²) in [5, 5.41) is 11.0. The second kappa shape index (κ2) is 9.32. The van der Waals surface area contributed by atoms with Crippen molar-refractivity contribution in [2.75, 3.05) is 19.8 Å². The van der Waals surface area contributed by atoms with Crippen LogP contribution in [0.15, 0.2) is 67.0 Å². The summed E-state index contributed by atoms with van der Waals surface area (Å²) in [6.07, 6.45) is 5.43. The van der Waals surface area contributed by atoms with Crippen molar-refractivity contribution in [1.82, 2.24) is 20.4 Å². The summed E-state index contributed by atoms with van der Waals surface area (Å²) in [4.78, 5) is 12.5. The number of ether oxygens (including phenoxy) is 1. The third-order valence-corrected chi connectivity index (χ3v) is 5.86. The summed E-state index contributed by atoms with van der Waals surface area (Å²) in [5.41, 5.74) is 3.00. The molecule has 1 saturated heterocycles. The number of carbonyl (C=O) groups excluding carboxylic acids is 1. The average Bonchev–Trinajstić information content (AvgIpc) is 3.27. The van der Waals surface area contributed by atoms with Crippen molar-refractivity contribution in [1.29, 1.82) is 0 Å². The lowest BCUT2D eigenvalue weighted by atomic mass is 9.74. The molecule has 0 unspecified atom stereocenters. The second-order valence-corrected chi connectivity index (χ2v) is 8.00.